The fraction of sp³-hybridized carbons (Fsp3) is 0.462. The van der Waals surface area contributed by atoms with Crippen LogP contribution in [0.2, 0.25) is 0 Å². The Morgan fingerprint density at radius 2 is 2.00 bits per heavy atom. The van der Waals surface area contributed by atoms with Crippen molar-refractivity contribution in [3.63, 3.8) is 0 Å². The number of carbonyl (C=O) groups is 1. The maximum atomic E-state index is 13.3. The van der Waals surface area contributed by atoms with Crippen molar-refractivity contribution < 1.29 is 19.4 Å². The summed E-state index contributed by atoms with van der Waals surface area (Å²) in [5, 5.41) is 19.4. The van der Waals surface area contributed by atoms with Crippen LogP contribution in [0.3, 0.4) is 0 Å². The molecule has 1 saturated heterocycles. The van der Waals surface area contributed by atoms with E-state index in [4.69, 9.17) is 5.11 Å². The van der Waals surface area contributed by atoms with Crippen LogP contribution < -0.4 is 0 Å². The van der Waals surface area contributed by atoms with Crippen LogP contribution in [0.1, 0.15) is 24.0 Å². The molecule has 1 aromatic rings. The summed E-state index contributed by atoms with van der Waals surface area (Å²) < 4.78 is 13.3. The summed E-state index contributed by atoms with van der Waals surface area (Å²) in [5.74, 6) is -0.385. The van der Waals surface area contributed by atoms with E-state index < -0.39 is 11.7 Å². The van der Waals surface area contributed by atoms with E-state index >= 15 is 0 Å². The maximum absolute atomic E-state index is 13.3. The monoisotopic (exact) mass is 253 g/mol. The highest BCUT2D eigenvalue weighted by atomic mass is 19.1. The molecule has 0 bridgehead atoms. The predicted molar refractivity (Wildman–Crippen MR) is 63.9 cm³/mol. The zero-order chi connectivity index (χ0) is 13.3. The van der Waals surface area contributed by atoms with Crippen molar-refractivity contribution in [2.24, 2.45) is 0 Å². The molecule has 1 amide bonds. The van der Waals surface area contributed by atoms with E-state index in [-0.39, 0.29) is 18.9 Å². The fourth-order valence-electron chi connectivity index (χ4n) is 2.43. The smallest absolute Gasteiger partial charge is 0.407 e. The molecular weight excluding hydrogens is 237 g/mol. The minimum absolute atomic E-state index is 0.266. The Morgan fingerprint density at radius 3 is 2.56 bits per heavy atom. The lowest BCUT2D eigenvalue weighted by molar-refractivity contribution is -0.0220. The summed E-state index contributed by atoms with van der Waals surface area (Å²) in [5.41, 5.74) is 0.258. The van der Waals surface area contributed by atoms with Crippen LogP contribution in [0.5, 0.6) is 0 Å². The van der Waals surface area contributed by atoms with E-state index in [0.717, 1.165) is 5.56 Å². The SMILES string of the molecule is Cc1ccc(F)cc1C1(O)CCN(C(=O)O)CC1. The number of hydrogen-bond donors (Lipinski definition) is 2. The van der Waals surface area contributed by atoms with Gasteiger partial charge in [-0.15, -0.1) is 0 Å². The van der Waals surface area contributed by atoms with E-state index in [1.165, 1.54) is 17.0 Å². The van der Waals surface area contributed by atoms with Gasteiger partial charge in [-0.05, 0) is 43.0 Å². The number of aliphatic hydroxyl groups is 1. The molecule has 0 aliphatic carbocycles. The van der Waals surface area contributed by atoms with Crippen LogP contribution in [0.4, 0.5) is 9.18 Å². The number of aryl methyl sites for hydroxylation is 1. The first-order valence-electron chi connectivity index (χ1n) is 5.89. The van der Waals surface area contributed by atoms with E-state index in [2.05, 4.69) is 0 Å². The van der Waals surface area contributed by atoms with Gasteiger partial charge in [0.1, 0.15) is 5.82 Å². The van der Waals surface area contributed by atoms with Gasteiger partial charge in [-0.25, -0.2) is 9.18 Å². The Labute approximate surface area is 105 Å². The topological polar surface area (TPSA) is 60.8 Å². The molecule has 0 atom stereocenters. The molecule has 2 rings (SSSR count). The van der Waals surface area contributed by atoms with Gasteiger partial charge in [0.2, 0.25) is 0 Å². The van der Waals surface area contributed by atoms with Crippen LogP contribution in [0.25, 0.3) is 0 Å². The molecule has 0 aromatic heterocycles. The lowest BCUT2D eigenvalue weighted by Gasteiger charge is -2.38. The van der Waals surface area contributed by atoms with Crippen LogP contribution in [0, 0.1) is 12.7 Å². The van der Waals surface area contributed by atoms with Crippen LogP contribution in [-0.4, -0.2) is 34.3 Å². The van der Waals surface area contributed by atoms with E-state index in [0.29, 0.717) is 18.4 Å². The van der Waals surface area contributed by atoms with Crippen LogP contribution in [0.15, 0.2) is 18.2 Å². The third-order valence-electron chi connectivity index (χ3n) is 3.56. The van der Waals surface area contributed by atoms with Crippen molar-refractivity contribution in [3.05, 3.63) is 35.1 Å². The molecule has 0 unspecified atom stereocenters. The number of likely N-dealkylation sites (tertiary alicyclic amines) is 1. The summed E-state index contributed by atoms with van der Waals surface area (Å²) >= 11 is 0. The second kappa shape index (κ2) is 4.57. The van der Waals surface area contributed by atoms with Gasteiger partial charge < -0.3 is 15.1 Å². The molecule has 4 nitrogen and oxygen atoms in total. The van der Waals surface area contributed by atoms with Gasteiger partial charge in [-0.3, -0.25) is 0 Å². The zero-order valence-corrected chi connectivity index (χ0v) is 10.2. The van der Waals surface area contributed by atoms with Crippen molar-refractivity contribution in [2.45, 2.75) is 25.4 Å². The third-order valence-corrected chi connectivity index (χ3v) is 3.56. The van der Waals surface area contributed by atoms with E-state index in [1.54, 1.807) is 6.07 Å². The van der Waals surface area contributed by atoms with Gasteiger partial charge in [0.25, 0.3) is 0 Å². The normalized spacial score (nSPS) is 18.7. The quantitative estimate of drug-likeness (QED) is 0.805. The Bertz CT molecular complexity index is 467. The molecular formula is C13H16FNO3. The van der Waals surface area contributed by atoms with Gasteiger partial charge in [0, 0.05) is 13.1 Å². The maximum Gasteiger partial charge on any atom is 0.407 e. The van der Waals surface area contributed by atoms with Gasteiger partial charge in [0.05, 0.1) is 5.60 Å². The minimum Gasteiger partial charge on any atom is -0.465 e. The standard InChI is InChI=1S/C13H16FNO3/c1-9-2-3-10(14)8-11(9)13(18)4-6-15(7-5-13)12(16)17/h2-3,8,18H,4-7H2,1H3,(H,16,17). The second-order valence-electron chi connectivity index (χ2n) is 4.76. The van der Waals surface area contributed by atoms with Crippen molar-refractivity contribution in [1.29, 1.82) is 0 Å². The average molecular weight is 253 g/mol. The molecule has 0 saturated carbocycles. The minimum atomic E-state index is -1.13. The highest BCUT2D eigenvalue weighted by Gasteiger charge is 2.36. The van der Waals surface area contributed by atoms with E-state index in [9.17, 15) is 14.3 Å². The van der Waals surface area contributed by atoms with Crippen LogP contribution in [-0.2, 0) is 5.60 Å². The summed E-state index contributed by atoms with van der Waals surface area (Å²) in [6, 6.07) is 4.33. The second-order valence-corrected chi connectivity index (χ2v) is 4.76. The molecule has 98 valence electrons. The third kappa shape index (κ3) is 2.31. The van der Waals surface area contributed by atoms with Gasteiger partial charge >= 0.3 is 6.09 Å². The number of amides is 1. The number of halogens is 1. The highest BCUT2D eigenvalue weighted by molar-refractivity contribution is 5.65. The first-order valence-corrected chi connectivity index (χ1v) is 5.89. The summed E-state index contributed by atoms with van der Waals surface area (Å²) in [6.45, 7) is 2.35. The lowest BCUT2D eigenvalue weighted by atomic mass is 9.82. The van der Waals surface area contributed by atoms with Crippen molar-refractivity contribution in [3.8, 4) is 0 Å². The highest BCUT2D eigenvalue weighted by Crippen LogP contribution is 2.35. The predicted octanol–water partition coefficient (Wildman–Crippen LogP) is 2.10. The number of benzene rings is 1. The van der Waals surface area contributed by atoms with E-state index in [1.807, 2.05) is 6.92 Å². The molecule has 1 aliphatic heterocycles. The molecule has 1 aliphatic rings. The molecule has 1 heterocycles. The van der Waals surface area contributed by atoms with Crippen molar-refractivity contribution in [2.75, 3.05) is 13.1 Å². The molecule has 18 heavy (non-hydrogen) atoms. The molecule has 1 fully saturated rings. The number of piperidine rings is 1. The first kappa shape index (κ1) is 12.8. The Kier molecular flexibility index (Phi) is 3.26. The Hall–Kier alpha value is -1.62. The number of rotatable bonds is 1. The molecule has 0 spiro atoms. The van der Waals surface area contributed by atoms with Gasteiger partial charge in [-0.1, -0.05) is 6.07 Å². The molecule has 2 N–H and O–H groups in total. The number of nitrogens with zero attached hydrogens (tertiary/aromatic N) is 1. The lowest BCUT2D eigenvalue weighted by Crippen LogP contribution is -2.45. The van der Waals surface area contributed by atoms with Crippen molar-refractivity contribution in [1.82, 2.24) is 4.90 Å². The van der Waals surface area contributed by atoms with Gasteiger partial charge in [0.15, 0.2) is 0 Å². The molecule has 1 aromatic carbocycles. The molecule has 0 radical (unpaired) electrons. The zero-order valence-electron chi connectivity index (χ0n) is 10.2. The van der Waals surface area contributed by atoms with Crippen molar-refractivity contribution >= 4 is 6.09 Å². The first-order chi connectivity index (χ1) is 8.42. The summed E-state index contributed by atoms with van der Waals surface area (Å²) in [6.07, 6.45) is -0.388. The summed E-state index contributed by atoms with van der Waals surface area (Å²) in [7, 11) is 0. The summed E-state index contributed by atoms with van der Waals surface area (Å²) in [4.78, 5) is 12.1. The number of carboxylic acid groups (broad SMARTS) is 1. The number of hydrogen-bond acceptors (Lipinski definition) is 2. The Balaban J connectivity index is 2.23. The Morgan fingerprint density at radius 1 is 1.39 bits per heavy atom. The fourth-order valence-corrected chi connectivity index (χ4v) is 2.43. The van der Waals surface area contributed by atoms with Crippen LogP contribution >= 0.6 is 0 Å². The largest absolute Gasteiger partial charge is 0.465 e. The average Bonchev–Trinajstić information content (AvgIpc) is 2.32. The van der Waals surface area contributed by atoms with Gasteiger partial charge in [-0.2, -0.15) is 0 Å². The molecule has 5 heteroatoms.